The molecule has 1 unspecified atom stereocenters. The second-order valence-corrected chi connectivity index (χ2v) is 7.59. The molecule has 0 saturated carbocycles. The van der Waals surface area contributed by atoms with E-state index in [4.69, 9.17) is 0 Å². The summed E-state index contributed by atoms with van der Waals surface area (Å²) in [6, 6.07) is 3.92. The standard InChI is InChI=1S/C13H15FN2O2S2/c1-8-7-11(10(3)19-8)9(2)16-20(17,18)13-12(14)5-4-6-15-13/h4-7,9,16H,1-3H3. The van der Waals surface area contributed by atoms with Crippen molar-refractivity contribution >= 4 is 21.4 Å². The van der Waals surface area contributed by atoms with Gasteiger partial charge in [-0.25, -0.2) is 22.5 Å². The first-order chi connectivity index (χ1) is 9.31. The number of halogens is 1. The van der Waals surface area contributed by atoms with Crippen molar-refractivity contribution < 1.29 is 12.8 Å². The van der Waals surface area contributed by atoms with Crippen molar-refractivity contribution in [3.05, 3.63) is 45.5 Å². The summed E-state index contributed by atoms with van der Waals surface area (Å²) in [5.74, 6) is -0.856. The average molecular weight is 314 g/mol. The molecule has 0 saturated heterocycles. The summed E-state index contributed by atoms with van der Waals surface area (Å²) in [5, 5.41) is -0.573. The topological polar surface area (TPSA) is 59.1 Å². The number of pyridine rings is 1. The Balaban J connectivity index is 2.29. The zero-order valence-corrected chi connectivity index (χ0v) is 13.0. The second-order valence-electron chi connectivity index (χ2n) is 4.50. The van der Waals surface area contributed by atoms with Crippen molar-refractivity contribution in [3.8, 4) is 0 Å². The molecule has 2 rings (SSSR count). The predicted molar refractivity (Wildman–Crippen MR) is 76.7 cm³/mol. The molecule has 7 heteroatoms. The fraction of sp³-hybridized carbons (Fsp3) is 0.308. The molecule has 2 aromatic rings. The van der Waals surface area contributed by atoms with E-state index in [1.54, 1.807) is 18.3 Å². The molecule has 0 bridgehead atoms. The smallest absolute Gasteiger partial charge is 0.241 e. The summed E-state index contributed by atoms with van der Waals surface area (Å²) in [7, 11) is -3.98. The molecule has 0 aliphatic heterocycles. The van der Waals surface area contributed by atoms with Gasteiger partial charge in [0.05, 0.1) is 0 Å². The van der Waals surface area contributed by atoms with Gasteiger partial charge in [0.2, 0.25) is 5.03 Å². The molecule has 0 aromatic carbocycles. The monoisotopic (exact) mass is 314 g/mol. The Morgan fingerprint density at radius 2 is 2.10 bits per heavy atom. The summed E-state index contributed by atoms with van der Waals surface area (Å²) in [4.78, 5) is 5.75. The van der Waals surface area contributed by atoms with Gasteiger partial charge in [-0.1, -0.05) is 0 Å². The van der Waals surface area contributed by atoms with Crippen LogP contribution in [0, 0.1) is 19.7 Å². The van der Waals surface area contributed by atoms with E-state index in [1.807, 2.05) is 19.9 Å². The number of hydrogen-bond acceptors (Lipinski definition) is 4. The molecule has 1 N–H and O–H groups in total. The van der Waals surface area contributed by atoms with Gasteiger partial charge in [0, 0.05) is 22.0 Å². The van der Waals surface area contributed by atoms with Gasteiger partial charge in [-0.3, -0.25) is 0 Å². The lowest BCUT2D eigenvalue weighted by molar-refractivity contribution is 0.536. The highest BCUT2D eigenvalue weighted by atomic mass is 32.2. The van der Waals surface area contributed by atoms with E-state index >= 15 is 0 Å². The van der Waals surface area contributed by atoms with Crippen LogP contribution in [0.1, 0.15) is 28.3 Å². The number of nitrogens with zero attached hydrogens (tertiary/aromatic N) is 1. The number of nitrogens with one attached hydrogen (secondary N) is 1. The normalized spacial score (nSPS) is 13.4. The lowest BCUT2D eigenvalue weighted by Gasteiger charge is -2.14. The zero-order valence-electron chi connectivity index (χ0n) is 11.3. The van der Waals surface area contributed by atoms with Gasteiger partial charge in [-0.15, -0.1) is 11.3 Å². The van der Waals surface area contributed by atoms with Crippen LogP contribution < -0.4 is 4.72 Å². The van der Waals surface area contributed by atoms with Gasteiger partial charge in [0.1, 0.15) is 0 Å². The van der Waals surface area contributed by atoms with E-state index < -0.39 is 26.9 Å². The first kappa shape index (κ1) is 15.1. The molecule has 0 amide bonds. The fourth-order valence-corrected chi connectivity index (χ4v) is 4.25. The first-order valence-corrected chi connectivity index (χ1v) is 8.31. The highest BCUT2D eigenvalue weighted by Gasteiger charge is 2.24. The summed E-state index contributed by atoms with van der Waals surface area (Å²) in [5.41, 5.74) is 0.896. The Labute approximate surface area is 121 Å². The van der Waals surface area contributed by atoms with Crippen LogP contribution >= 0.6 is 11.3 Å². The number of sulfonamides is 1. The van der Waals surface area contributed by atoms with E-state index in [1.165, 1.54) is 12.3 Å². The van der Waals surface area contributed by atoms with Crippen molar-refractivity contribution in [1.82, 2.24) is 9.71 Å². The third-order valence-electron chi connectivity index (χ3n) is 2.86. The number of aryl methyl sites for hydroxylation is 2. The Hall–Kier alpha value is -1.31. The molecule has 0 aliphatic carbocycles. The van der Waals surface area contributed by atoms with Crippen LogP contribution in [-0.4, -0.2) is 13.4 Å². The van der Waals surface area contributed by atoms with E-state index in [9.17, 15) is 12.8 Å². The Bertz CT molecular complexity index is 726. The van der Waals surface area contributed by atoms with Crippen molar-refractivity contribution in [1.29, 1.82) is 0 Å². The molecule has 2 heterocycles. The van der Waals surface area contributed by atoms with Crippen molar-refractivity contribution in [2.45, 2.75) is 31.8 Å². The molecule has 0 fully saturated rings. The molecule has 4 nitrogen and oxygen atoms in total. The Kier molecular flexibility index (Phi) is 4.22. The van der Waals surface area contributed by atoms with Crippen LogP contribution in [-0.2, 0) is 10.0 Å². The summed E-state index contributed by atoms with van der Waals surface area (Å²) < 4.78 is 40.3. The average Bonchev–Trinajstić information content (AvgIpc) is 2.68. The molecule has 0 radical (unpaired) electrons. The largest absolute Gasteiger partial charge is 0.261 e. The lowest BCUT2D eigenvalue weighted by atomic mass is 10.1. The quantitative estimate of drug-likeness (QED) is 0.944. The van der Waals surface area contributed by atoms with Gasteiger partial charge >= 0.3 is 0 Å². The maximum Gasteiger partial charge on any atom is 0.261 e. The number of thiophene rings is 1. The van der Waals surface area contributed by atoms with Gasteiger partial charge in [-0.2, -0.15) is 0 Å². The van der Waals surface area contributed by atoms with Crippen molar-refractivity contribution in [2.24, 2.45) is 0 Å². The molecule has 108 valence electrons. The Morgan fingerprint density at radius 1 is 1.40 bits per heavy atom. The minimum atomic E-state index is -3.98. The van der Waals surface area contributed by atoms with Crippen LogP contribution in [0.4, 0.5) is 4.39 Å². The van der Waals surface area contributed by atoms with Crippen molar-refractivity contribution in [2.75, 3.05) is 0 Å². The van der Waals surface area contributed by atoms with Crippen LogP contribution in [0.2, 0.25) is 0 Å². The molecule has 0 aliphatic rings. The summed E-state index contributed by atoms with van der Waals surface area (Å²) in [6.07, 6.45) is 1.25. The highest BCUT2D eigenvalue weighted by molar-refractivity contribution is 7.89. The maximum atomic E-state index is 13.5. The highest BCUT2D eigenvalue weighted by Crippen LogP contribution is 2.27. The molecule has 0 spiro atoms. The maximum absolute atomic E-state index is 13.5. The molecular formula is C13H15FN2O2S2. The van der Waals surface area contributed by atoms with E-state index in [0.29, 0.717) is 0 Å². The zero-order chi connectivity index (χ0) is 14.9. The fourth-order valence-electron chi connectivity index (χ4n) is 2.00. The predicted octanol–water partition coefficient (Wildman–Crippen LogP) is 2.94. The van der Waals surface area contributed by atoms with Gasteiger partial charge in [0.15, 0.2) is 5.82 Å². The van der Waals surface area contributed by atoms with Crippen molar-refractivity contribution in [3.63, 3.8) is 0 Å². The van der Waals surface area contributed by atoms with Gasteiger partial charge < -0.3 is 0 Å². The second kappa shape index (κ2) is 5.59. The van der Waals surface area contributed by atoms with E-state index in [2.05, 4.69) is 9.71 Å². The number of aromatic nitrogens is 1. The first-order valence-electron chi connectivity index (χ1n) is 6.01. The minimum Gasteiger partial charge on any atom is -0.241 e. The number of hydrogen-bond donors (Lipinski definition) is 1. The molecule has 20 heavy (non-hydrogen) atoms. The van der Waals surface area contributed by atoms with Crippen LogP contribution in [0.15, 0.2) is 29.4 Å². The lowest BCUT2D eigenvalue weighted by Crippen LogP contribution is -2.28. The van der Waals surface area contributed by atoms with Crippen LogP contribution in [0.5, 0.6) is 0 Å². The Morgan fingerprint density at radius 3 is 2.65 bits per heavy atom. The third kappa shape index (κ3) is 3.05. The van der Waals surface area contributed by atoms with E-state index in [-0.39, 0.29) is 0 Å². The van der Waals surface area contributed by atoms with Crippen LogP contribution in [0.3, 0.4) is 0 Å². The summed E-state index contributed by atoms with van der Waals surface area (Å²) >= 11 is 1.60. The van der Waals surface area contributed by atoms with Crippen LogP contribution in [0.25, 0.3) is 0 Å². The van der Waals surface area contributed by atoms with Gasteiger partial charge in [-0.05, 0) is 44.5 Å². The third-order valence-corrected chi connectivity index (χ3v) is 5.31. The van der Waals surface area contributed by atoms with E-state index in [0.717, 1.165) is 21.4 Å². The minimum absolute atomic E-state index is 0.439. The molecular weight excluding hydrogens is 299 g/mol. The van der Waals surface area contributed by atoms with Gasteiger partial charge in [0.25, 0.3) is 10.0 Å². The summed E-state index contributed by atoms with van der Waals surface area (Å²) in [6.45, 7) is 5.62. The number of rotatable bonds is 4. The molecule has 1 atom stereocenters. The SMILES string of the molecule is Cc1cc(C(C)NS(=O)(=O)c2ncccc2F)c(C)s1. The molecule has 2 aromatic heterocycles.